The number of primary amides is 1. The molecule has 1 saturated heterocycles. The highest BCUT2D eigenvalue weighted by Gasteiger charge is 2.26. The first-order valence-corrected chi connectivity index (χ1v) is 7.64. The lowest BCUT2D eigenvalue weighted by molar-refractivity contribution is 0.0995. The van der Waals surface area contributed by atoms with E-state index in [4.69, 9.17) is 5.73 Å². The second-order valence-electron chi connectivity index (χ2n) is 5.87. The normalized spacial score (nSPS) is 20.7. The Morgan fingerprint density at radius 1 is 1.55 bits per heavy atom. The molecule has 6 heteroatoms. The first-order valence-electron chi connectivity index (χ1n) is 7.64. The van der Waals surface area contributed by atoms with Gasteiger partial charge in [-0.2, -0.15) is 5.10 Å². The van der Waals surface area contributed by atoms with E-state index in [2.05, 4.69) is 33.1 Å². The van der Waals surface area contributed by atoms with Gasteiger partial charge in [-0.05, 0) is 44.0 Å². The SMILES string of the molecule is C[C@H](c1cccnc1)N1CCC[C@H](c2cc(C(N)=O)n[nH]2)C1. The van der Waals surface area contributed by atoms with Gasteiger partial charge in [-0.3, -0.25) is 19.8 Å². The summed E-state index contributed by atoms with van der Waals surface area (Å²) in [6.45, 7) is 4.22. The van der Waals surface area contributed by atoms with Gasteiger partial charge in [0.1, 0.15) is 5.69 Å². The number of aromatic amines is 1. The molecule has 6 nitrogen and oxygen atoms in total. The fourth-order valence-corrected chi connectivity index (χ4v) is 3.12. The summed E-state index contributed by atoms with van der Waals surface area (Å²) in [6.07, 6.45) is 5.94. The predicted molar refractivity (Wildman–Crippen MR) is 83.3 cm³/mol. The van der Waals surface area contributed by atoms with Crippen LogP contribution in [0.3, 0.4) is 0 Å². The average Bonchev–Trinajstić information content (AvgIpc) is 3.05. The molecule has 3 rings (SSSR count). The summed E-state index contributed by atoms with van der Waals surface area (Å²) in [5.41, 5.74) is 7.81. The van der Waals surface area contributed by atoms with Crippen molar-refractivity contribution in [1.29, 1.82) is 0 Å². The molecule has 2 aromatic heterocycles. The number of likely N-dealkylation sites (tertiary alicyclic amines) is 1. The van der Waals surface area contributed by atoms with Gasteiger partial charge >= 0.3 is 0 Å². The largest absolute Gasteiger partial charge is 0.364 e. The molecular weight excluding hydrogens is 278 g/mol. The lowest BCUT2D eigenvalue weighted by Gasteiger charge is -2.36. The van der Waals surface area contributed by atoms with Crippen LogP contribution in [0.25, 0.3) is 0 Å². The molecule has 0 radical (unpaired) electrons. The Hall–Kier alpha value is -2.21. The van der Waals surface area contributed by atoms with Gasteiger partial charge in [0.05, 0.1) is 0 Å². The molecule has 1 amide bonds. The summed E-state index contributed by atoms with van der Waals surface area (Å²) in [7, 11) is 0. The molecule has 3 heterocycles. The van der Waals surface area contributed by atoms with Crippen molar-refractivity contribution in [2.75, 3.05) is 13.1 Å². The van der Waals surface area contributed by atoms with E-state index in [-0.39, 0.29) is 0 Å². The zero-order chi connectivity index (χ0) is 15.5. The number of nitrogens with one attached hydrogen (secondary N) is 1. The highest BCUT2D eigenvalue weighted by Crippen LogP contribution is 2.31. The van der Waals surface area contributed by atoms with Crippen LogP contribution in [0.5, 0.6) is 0 Å². The zero-order valence-electron chi connectivity index (χ0n) is 12.7. The van der Waals surface area contributed by atoms with Gasteiger partial charge in [0.2, 0.25) is 0 Å². The van der Waals surface area contributed by atoms with Crippen molar-refractivity contribution in [3.63, 3.8) is 0 Å². The molecule has 0 unspecified atom stereocenters. The highest BCUT2D eigenvalue weighted by atomic mass is 16.1. The molecular formula is C16H21N5O. The van der Waals surface area contributed by atoms with Crippen LogP contribution in [0, 0.1) is 0 Å². The van der Waals surface area contributed by atoms with Crippen molar-refractivity contribution < 1.29 is 4.79 Å². The maximum Gasteiger partial charge on any atom is 0.269 e. The van der Waals surface area contributed by atoms with E-state index in [9.17, 15) is 4.79 Å². The molecule has 1 aliphatic rings. The van der Waals surface area contributed by atoms with Crippen molar-refractivity contribution in [2.24, 2.45) is 5.73 Å². The van der Waals surface area contributed by atoms with Crippen molar-refractivity contribution in [2.45, 2.75) is 31.7 Å². The minimum absolute atomic E-state index is 0.312. The Bertz CT molecular complexity index is 639. The van der Waals surface area contributed by atoms with E-state index in [1.807, 2.05) is 12.3 Å². The van der Waals surface area contributed by atoms with E-state index >= 15 is 0 Å². The quantitative estimate of drug-likeness (QED) is 0.901. The van der Waals surface area contributed by atoms with E-state index in [1.165, 1.54) is 5.56 Å². The monoisotopic (exact) mass is 299 g/mol. The van der Waals surface area contributed by atoms with Crippen LogP contribution in [0.4, 0.5) is 0 Å². The molecule has 2 aromatic rings. The number of aromatic nitrogens is 3. The first-order chi connectivity index (χ1) is 10.6. The Morgan fingerprint density at radius 3 is 3.09 bits per heavy atom. The van der Waals surface area contributed by atoms with E-state index in [0.29, 0.717) is 17.7 Å². The Kier molecular flexibility index (Phi) is 4.20. The second kappa shape index (κ2) is 6.27. The number of nitrogens with zero attached hydrogens (tertiary/aromatic N) is 3. The number of amides is 1. The van der Waals surface area contributed by atoms with Crippen LogP contribution >= 0.6 is 0 Å². The van der Waals surface area contributed by atoms with Gasteiger partial charge in [-0.15, -0.1) is 0 Å². The number of carbonyl (C=O) groups excluding carboxylic acids is 1. The van der Waals surface area contributed by atoms with Crippen LogP contribution in [-0.4, -0.2) is 39.1 Å². The molecule has 0 bridgehead atoms. The Morgan fingerprint density at radius 2 is 2.41 bits per heavy atom. The molecule has 0 spiro atoms. The van der Waals surface area contributed by atoms with Gasteiger partial charge in [0, 0.05) is 36.6 Å². The fraction of sp³-hybridized carbons (Fsp3) is 0.438. The minimum atomic E-state index is -0.487. The summed E-state index contributed by atoms with van der Waals surface area (Å²) in [4.78, 5) is 17.8. The van der Waals surface area contributed by atoms with Gasteiger partial charge in [-0.1, -0.05) is 6.07 Å². The number of hydrogen-bond donors (Lipinski definition) is 2. The van der Waals surface area contributed by atoms with Crippen LogP contribution < -0.4 is 5.73 Å². The Labute approximate surface area is 129 Å². The van der Waals surface area contributed by atoms with E-state index in [1.54, 1.807) is 12.3 Å². The zero-order valence-corrected chi connectivity index (χ0v) is 12.7. The Balaban J connectivity index is 1.72. The van der Waals surface area contributed by atoms with Gasteiger partial charge in [0.15, 0.2) is 0 Å². The average molecular weight is 299 g/mol. The minimum Gasteiger partial charge on any atom is -0.364 e. The van der Waals surface area contributed by atoms with Crippen molar-refractivity contribution in [3.05, 3.63) is 47.5 Å². The van der Waals surface area contributed by atoms with E-state index < -0.39 is 5.91 Å². The summed E-state index contributed by atoms with van der Waals surface area (Å²) >= 11 is 0. The molecule has 2 atom stereocenters. The molecule has 22 heavy (non-hydrogen) atoms. The second-order valence-corrected chi connectivity index (χ2v) is 5.87. The number of rotatable bonds is 4. The topological polar surface area (TPSA) is 87.9 Å². The first kappa shape index (κ1) is 14.7. The lowest BCUT2D eigenvalue weighted by atomic mass is 9.93. The molecule has 0 saturated carbocycles. The van der Waals surface area contributed by atoms with Crippen LogP contribution in [0.2, 0.25) is 0 Å². The number of piperidine rings is 1. The maximum atomic E-state index is 11.2. The molecule has 0 aromatic carbocycles. The summed E-state index contributed by atoms with van der Waals surface area (Å²) < 4.78 is 0. The number of pyridine rings is 1. The molecule has 0 aliphatic carbocycles. The third-order valence-electron chi connectivity index (χ3n) is 4.46. The summed E-state index contributed by atoms with van der Waals surface area (Å²) in [6, 6.07) is 6.20. The highest BCUT2D eigenvalue weighted by molar-refractivity contribution is 5.90. The van der Waals surface area contributed by atoms with Gasteiger partial charge < -0.3 is 5.73 Å². The number of nitrogens with two attached hydrogens (primary N) is 1. The fourth-order valence-electron chi connectivity index (χ4n) is 3.12. The maximum absolute atomic E-state index is 11.2. The summed E-state index contributed by atoms with van der Waals surface area (Å²) in [5, 5.41) is 6.96. The van der Waals surface area contributed by atoms with Crippen LogP contribution in [-0.2, 0) is 0 Å². The molecule has 116 valence electrons. The third-order valence-corrected chi connectivity index (χ3v) is 4.46. The van der Waals surface area contributed by atoms with Crippen LogP contribution in [0.15, 0.2) is 30.6 Å². The van der Waals surface area contributed by atoms with Gasteiger partial charge in [-0.25, -0.2) is 0 Å². The van der Waals surface area contributed by atoms with E-state index in [0.717, 1.165) is 31.6 Å². The smallest absolute Gasteiger partial charge is 0.269 e. The molecule has 3 N–H and O–H groups in total. The predicted octanol–water partition coefficient (Wildman–Crippen LogP) is 1.84. The van der Waals surface area contributed by atoms with Crippen molar-refractivity contribution in [3.8, 4) is 0 Å². The lowest BCUT2D eigenvalue weighted by Crippen LogP contribution is -2.36. The number of carbonyl (C=O) groups is 1. The number of H-pyrrole nitrogens is 1. The number of hydrogen-bond acceptors (Lipinski definition) is 4. The standard InChI is InChI=1S/C16H21N5O/c1-11(12-4-2-6-18-9-12)21-7-3-5-13(10-21)14-8-15(16(17)22)20-19-14/h2,4,6,8-9,11,13H,3,5,7,10H2,1H3,(H2,17,22)(H,19,20)/t11-,13+/m1/s1. The van der Waals surface area contributed by atoms with Crippen LogP contribution in [0.1, 0.15) is 53.5 Å². The van der Waals surface area contributed by atoms with Gasteiger partial charge in [0.25, 0.3) is 5.91 Å². The molecule has 1 aliphatic heterocycles. The third kappa shape index (κ3) is 3.01. The van der Waals surface area contributed by atoms with Crippen molar-refractivity contribution >= 4 is 5.91 Å². The van der Waals surface area contributed by atoms with Crippen molar-refractivity contribution in [1.82, 2.24) is 20.1 Å². The summed E-state index contributed by atoms with van der Waals surface area (Å²) in [5.74, 6) is -0.132. The molecule has 1 fully saturated rings.